The fourth-order valence-corrected chi connectivity index (χ4v) is 5.03. The van der Waals surface area contributed by atoms with Gasteiger partial charge in [0.2, 0.25) is 5.91 Å². The lowest BCUT2D eigenvalue weighted by Crippen LogP contribution is -2.50. The van der Waals surface area contributed by atoms with Crippen LogP contribution >= 0.6 is 0 Å². The van der Waals surface area contributed by atoms with E-state index in [1.807, 2.05) is 60.7 Å². The molecule has 11 heteroatoms. The van der Waals surface area contributed by atoms with E-state index in [9.17, 15) is 18.0 Å². The highest BCUT2D eigenvalue weighted by Gasteiger charge is 2.24. The fraction of sp³-hybridized carbons (Fsp3) is 0.267. The molecule has 0 saturated carbocycles. The van der Waals surface area contributed by atoms with E-state index < -0.39 is 33.9 Å². The normalized spacial score (nSPS) is 12.6. The fourth-order valence-electron chi connectivity index (χ4n) is 3.94. The summed E-state index contributed by atoms with van der Waals surface area (Å²) in [5.74, 6) is -0.493. The van der Waals surface area contributed by atoms with E-state index in [2.05, 4.69) is 20.7 Å². The number of azide groups is 1. The van der Waals surface area contributed by atoms with Crippen molar-refractivity contribution < 1.29 is 22.7 Å². The summed E-state index contributed by atoms with van der Waals surface area (Å²) in [5.41, 5.74) is 10.1. The first-order valence-electron chi connectivity index (χ1n) is 13.2. The van der Waals surface area contributed by atoms with Gasteiger partial charge in [-0.2, -0.15) is 0 Å². The maximum atomic E-state index is 13.5. The Labute approximate surface area is 240 Å². The molecule has 0 aliphatic carbocycles. The van der Waals surface area contributed by atoms with Crippen LogP contribution in [0.3, 0.4) is 0 Å². The topological polar surface area (TPSA) is 150 Å². The minimum absolute atomic E-state index is 0.0419. The van der Waals surface area contributed by atoms with Gasteiger partial charge in [0.25, 0.3) is 0 Å². The first-order chi connectivity index (χ1) is 19.9. The third-order valence-electron chi connectivity index (χ3n) is 6.08. The van der Waals surface area contributed by atoms with E-state index in [4.69, 9.17) is 10.3 Å². The number of carbonyl (C=O) groups excluding carboxylic acids is 2. The maximum Gasteiger partial charge on any atom is 0.408 e. The molecule has 0 unspecified atom stereocenters. The molecule has 41 heavy (non-hydrogen) atoms. The smallest absolute Gasteiger partial charge is 0.408 e. The molecule has 214 valence electrons. The molecular weight excluding hydrogens is 542 g/mol. The van der Waals surface area contributed by atoms with Crippen LogP contribution in [0.4, 0.5) is 4.79 Å². The molecule has 0 radical (unpaired) electrons. The summed E-state index contributed by atoms with van der Waals surface area (Å²) in [5, 5.41) is 10.1. The van der Waals surface area contributed by atoms with Gasteiger partial charge < -0.3 is 15.4 Å². The zero-order valence-corrected chi connectivity index (χ0v) is 23.3. The lowest BCUT2D eigenvalue weighted by atomic mass is 10.0. The van der Waals surface area contributed by atoms with Crippen LogP contribution in [0, 0.1) is 0 Å². The van der Waals surface area contributed by atoms with Crippen molar-refractivity contribution >= 4 is 21.8 Å². The average molecular weight is 576 g/mol. The number of ether oxygens (including phenoxy) is 1. The molecule has 0 fully saturated rings. The Bertz CT molecular complexity index is 1430. The second-order valence-corrected chi connectivity index (χ2v) is 11.0. The van der Waals surface area contributed by atoms with Crippen molar-refractivity contribution in [2.24, 2.45) is 5.11 Å². The van der Waals surface area contributed by atoms with Crippen molar-refractivity contribution in [3.8, 4) is 0 Å². The summed E-state index contributed by atoms with van der Waals surface area (Å²) in [6.45, 7) is 0.328. The first-order valence-corrected chi connectivity index (χ1v) is 14.7. The monoisotopic (exact) mass is 575 g/mol. The number of unbranched alkanes of at least 4 members (excludes halogenated alkanes) is 1. The summed E-state index contributed by atoms with van der Waals surface area (Å²) in [6.07, 6.45) is 2.40. The zero-order chi connectivity index (χ0) is 29.3. The number of amides is 2. The standard InChI is InChI=1S/C30H33N5O5S/c31-35-32-20-11-10-16-26(19-21-41(38,39)27-17-8-3-9-18-27)33-29(36)28(22-24-12-4-1-5-13-24)34-30(37)40-23-25-14-6-2-7-15-25/h1-9,12-15,17-19,21,26,28H,10-11,16,20,22-23H2,(H,33,36)(H,34,37)/b21-19+/t26-,28-/m0/s1. The number of nitrogens with one attached hydrogen (secondary N) is 2. The van der Waals surface area contributed by atoms with Crippen LogP contribution in [0.25, 0.3) is 10.4 Å². The van der Waals surface area contributed by atoms with E-state index in [-0.39, 0.29) is 24.5 Å². The molecule has 10 nitrogen and oxygen atoms in total. The lowest BCUT2D eigenvalue weighted by Gasteiger charge is -2.22. The largest absolute Gasteiger partial charge is 0.445 e. The van der Waals surface area contributed by atoms with Crippen molar-refractivity contribution in [1.82, 2.24) is 10.6 Å². The van der Waals surface area contributed by atoms with Crippen LogP contribution in [-0.2, 0) is 32.4 Å². The highest BCUT2D eigenvalue weighted by Crippen LogP contribution is 2.14. The minimum Gasteiger partial charge on any atom is -0.445 e. The molecule has 0 bridgehead atoms. The quantitative estimate of drug-likeness (QED) is 0.106. The predicted molar refractivity (Wildman–Crippen MR) is 156 cm³/mol. The van der Waals surface area contributed by atoms with E-state index in [1.165, 1.54) is 18.2 Å². The number of alkyl carbamates (subject to hydrolysis) is 1. The van der Waals surface area contributed by atoms with Gasteiger partial charge in [-0.1, -0.05) is 96.5 Å². The molecule has 3 aromatic carbocycles. The van der Waals surface area contributed by atoms with Gasteiger partial charge in [-0.3, -0.25) is 4.79 Å². The Kier molecular flexibility index (Phi) is 12.4. The Morgan fingerprint density at radius 2 is 1.49 bits per heavy atom. The highest BCUT2D eigenvalue weighted by atomic mass is 32.2. The SMILES string of the molecule is [N-]=[N+]=NCCCC[C@@H](/C=C/S(=O)(=O)c1ccccc1)NC(=O)[C@H](Cc1ccccc1)NC(=O)OCc1ccccc1. The van der Waals surface area contributed by atoms with Gasteiger partial charge in [-0.15, -0.1) is 0 Å². The van der Waals surface area contributed by atoms with Gasteiger partial charge in [-0.25, -0.2) is 13.2 Å². The van der Waals surface area contributed by atoms with Crippen molar-refractivity contribution in [3.05, 3.63) is 124 Å². The van der Waals surface area contributed by atoms with Gasteiger partial charge in [0.15, 0.2) is 9.84 Å². The van der Waals surface area contributed by atoms with Crippen LogP contribution in [0.5, 0.6) is 0 Å². The molecule has 0 saturated heterocycles. The third-order valence-corrected chi connectivity index (χ3v) is 7.52. The average Bonchev–Trinajstić information content (AvgIpc) is 2.99. The molecule has 0 aliphatic heterocycles. The van der Waals surface area contributed by atoms with E-state index in [0.717, 1.165) is 16.5 Å². The predicted octanol–water partition coefficient (Wildman–Crippen LogP) is 5.48. The number of rotatable bonds is 15. The van der Waals surface area contributed by atoms with Crippen LogP contribution in [0.15, 0.2) is 112 Å². The summed E-state index contributed by atoms with van der Waals surface area (Å²) < 4.78 is 31.0. The molecule has 0 aromatic heterocycles. The molecule has 2 amide bonds. The highest BCUT2D eigenvalue weighted by molar-refractivity contribution is 7.94. The molecule has 3 rings (SSSR count). The summed E-state index contributed by atoms with van der Waals surface area (Å²) in [6, 6.07) is 24.7. The molecule has 2 N–H and O–H groups in total. The van der Waals surface area contributed by atoms with Gasteiger partial charge >= 0.3 is 6.09 Å². The number of nitrogens with zero attached hydrogens (tertiary/aromatic N) is 3. The van der Waals surface area contributed by atoms with Crippen LogP contribution in [-0.4, -0.2) is 39.0 Å². The van der Waals surface area contributed by atoms with Gasteiger partial charge in [0, 0.05) is 29.3 Å². The number of carbonyl (C=O) groups is 2. The van der Waals surface area contributed by atoms with Crippen molar-refractivity contribution in [1.29, 1.82) is 0 Å². The molecule has 0 spiro atoms. The minimum atomic E-state index is -3.74. The Hall–Kier alpha value is -4.60. The Morgan fingerprint density at radius 1 is 0.878 bits per heavy atom. The van der Waals surface area contributed by atoms with Crippen LogP contribution < -0.4 is 10.6 Å². The summed E-state index contributed by atoms with van der Waals surface area (Å²) >= 11 is 0. The molecular formula is C30H33N5O5S. The van der Waals surface area contributed by atoms with E-state index in [0.29, 0.717) is 19.3 Å². The number of benzene rings is 3. The van der Waals surface area contributed by atoms with Crippen molar-refractivity contribution in [2.45, 2.75) is 49.3 Å². The number of hydrogen-bond donors (Lipinski definition) is 2. The summed E-state index contributed by atoms with van der Waals surface area (Å²) in [4.78, 5) is 29.0. The molecule has 0 aliphatic rings. The van der Waals surface area contributed by atoms with E-state index in [1.54, 1.807) is 18.2 Å². The molecule has 3 aromatic rings. The zero-order valence-electron chi connectivity index (χ0n) is 22.5. The van der Waals surface area contributed by atoms with Gasteiger partial charge in [-0.05, 0) is 41.6 Å². The maximum absolute atomic E-state index is 13.5. The van der Waals surface area contributed by atoms with Crippen molar-refractivity contribution in [3.63, 3.8) is 0 Å². The van der Waals surface area contributed by atoms with Crippen LogP contribution in [0.2, 0.25) is 0 Å². The number of sulfone groups is 1. The van der Waals surface area contributed by atoms with Crippen molar-refractivity contribution in [2.75, 3.05) is 6.54 Å². The lowest BCUT2D eigenvalue weighted by molar-refractivity contribution is -0.123. The van der Waals surface area contributed by atoms with Crippen LogP contribution in [0.1, 0.15) is 30.4 Å². The van der Waals surface area contributed by atoms with Gasteiger partial charge in [0.05, 0.1) is 4.90 Å². The Balaban J connectivity index is 1.74. The second-order valence-electron chi connectivity index (χ2n) is 9.20. The second kappa shape index (κ2) is 16.5. The first kappa shape index (κ1) is 30.9. The third kappa shape index (κ3) is 11.2. The number of hydrogen-bond acceptors (Lipinski definition) is 6. The summed E-state index contributed by atoms with van der Waals surface area (Å²) in [7, 11) is -3.74. The Morgan fingerprint density at radius 3 is 2.12 bits per heavy atom. The van der Waals surface area contributed by atoms with Gasteiger partial charge in [0.1, 0.15) is 12.6 Å². The molecule has 0 heterocycles. The molecule has 2 atom stereocenters. The van der Waals surface area contributed by atoms with E-state index >= 15 is 0 Å².